The first-order chi connectivity index (χ1) is 14.8. The van der Waals surface area contributed by atoms with Crippen LogP contribution in [0.3, 0.4) is 0 Å². The van der Waals surface area contributed by atoms with Crippen LogP contribution in [-0.2, 0) is 6.61 Å². The number of benzene rings is 2. The average Bonchev–Trinajstić information content (AvgIpc) is 2.74. The normalized spacial score (nSPS) is 10.5. The molecule has 2 amide bonds. The van der Waals surface area contributed by atoms with E-state index in [4.69, 9.17) is 20.3 Å². The molecule has 0 aliphatic heterocycles. The van der Waals surface area contributed by atoms with Crippen molar-refractivity contribution in [2.45, 2.75) is 6.61 Å². The number of carbonyl (C=O) groups is 2. The minimum Gasteiger partial charge on any atom is -0.497 e. The van der Waals surface area contributed by atoms with Crippen LogP contribution in [0.2, 0.25) is 0 Å². The number of amides is 2. The van der Waals surface area contributed by atoms with Crippen LogP contribution in [0.5, 0.6) is 11.5 Å². The van der Waals surface area contributed by atoms with Gasteiger partial charge in [-0.15, -0.1) is 0 Å². The standard InChI is InChI=1S/C20H22N4O7/c1-30-15-6-4-13(5-7-15)12-31-17-11-14(19(21)25)10-16(24(28)29)18(17)22-8-2-3-9-23-20(26)27/h2-7,10-11,22-23H,8-9,12H2,1H3,(H2,21,25)(H,26,27). The summed E-state index contributed by atoms with van der Waals surface area (Å²) >= 11 is 0. The molecule has 0 aromatic heterocycles. The van der Waals surface area contributed by atoms with Crippen molar-refractivity contribution in [3.8, 4) is 11.5 Å². The van der Waals surface area contributed by atoms with Crippen molar-refractivity contribution in [3.63, 3.8) is 0 Å². The second-order valence-corrected chi connectivity index (χ2v) is 6.16. The minimum atomic E-state index is -1.16. The molecule has 164 valence electrons. The van der Waals surface area contributed by atoms with Gasteiger partial charge >= 0.3 is 6.09 Å². The lowest BCUT2D eigenvalue weighted by molar-refractivity contribution is -0.384. The predicted molar refractivity (Wildman–Crippen MR) is 113 cm³/mol. The monoisotopic (exact) mass is 430 g/mol. The van der Waals surface area contributed by atoms with Crippen LogP contribution < -0.4 is 25.8 Å². The quantitative estimate of drug-likeness (QED) is 0.240. The minimum absolute atomic E-state index is 0.0665. The highest BCUT2D eigenvalue weighted by Gasteiger charge is 2.22. The number of carboxylic acid groups (broad SMARTS) is 1. The molecule has 0 bridgehead atoms. The van der Waals surface area contributed by atoms with Gasteiger partial charge in [0, 0.05) is 24.7 Å². The zero-order valence-corrected chi connectivity index (χ0v) is 16.7. The van der Waals surface area contributed by atoms with E-state index in [0.717, 1.165) is 11.6 Å². The summed E-state index contributed by atoms with van der Waals surface area (Å²) in [7, 11) is 1.55. The highest BCUT2D eigenvalue weighted by atomic mass is 16.6. The lowest BCUT2D eigenvalue weighted by Crippen LogP contribution is -2.20. The third-order valence-corrected chi connectivity index (χ3v) is 4.05. The van der Waals surface area contributed by atoms with Crippen LogP contribution >= 0.6 is 0 Å². The van der Waals surface area contributed by atoms with Crippen molar-refractivity contribution in [1.82, 2.24) is 5.32 Å². The van der Waals surface area contributed by atoms with Crippen molar-refractivity contribution in [3.05, 3.63) is 69.8 Å². The summed E-state index contributed by atoms with van der Waals surface area (Å²) < 4.78 is 10.9. The van der Waals surface area contributed by atoms with Crippen molar-refractivity contribution in [2.24, 2.45) is 5.73 Å². The Morgan fingerprint density at radius 3 is 2.45 bits per heavy atom. The molecule has 0 saturated carbocycles. The fourth-order valence-electron chi connectivity index (χ4n) is 2.54. The number of hydrogen-bond donors (Lipinski definition) is 4. The van der Waals surface area contributed by atoms with Gasteiger partial charge in [-0.1, -0.05) is 24.3 Å². The molecule has 0 heterocycles. The summed E-state index contributed by atoms with van der Waals surface area (Å²) in [5.74, 6) is -0.0823. The Kier molecular flexibility index (Phi) is 8.20. The molecule has 2 aromatic rings. The number of ether oxygens (including phenoxy) is 2. The van der Waals surface area contributed by atoms with Gasteiger partial charge in [0.2, 0.25) is 5.91 Å². The van der Waals surface area contributed by atoms with Gasteiger partial charge in [-0.25, -0.2) is 4.79 Å². The van der Waals surface area contributed by atoms with Gasteiger partial charge in [0.15, 0.2) is 11.4 Å². The molecule has 11 heteroatoms. The highest BCUT2D eigenvalue weighted by molar-refractivity contribution is 5.95. The molecule has 0 atom stereocenters. The Hall–Kier alpha value is -4.28. The van der Waals surface area contributed by atoms with Crippen LogP contribution in [0.4, 0.5) is 16.2 Å². The van der Waals surface area contributed by atoms with Gasteiger partial charge < -0.3 is 30.9 Å². The van der Waals surface area contributed by atoms with Crippen molar-refractivity contribution < 1.29 is 29.1 Å². The predicted octanol–water partition coefficient (Wildman–Crippen LogP) is 2.52. The fourth-order valence-corrected chi connectivity index (χ4v) is 2.54. The SMILES string of the molecule is COc1ccc(COc2cc(C(N)=O)cc([N+](=O)[O-])c2NCC=CCNC(=O)O)cc1. The summed E-state index contributed by atoms with van der Waals surface area (Å²) in [6.45, 7) is 0.313. The number of nitro groups is 1. The second-order valence-electron chi connectivity index (χ2n) is 6.16. The maximum atomic E-state index is 11.6. The summed E-state index contributed by atoms with van der Waals surface area (Å²) in [5.41, 5.74) is 5.70. The van der Waals surface area contributed by atoms with Crippen LogP contribution in [0.1, 0.15) is 15.9 Å². The smallest absolute Gasteiger partial charge is 0.404 e. The molecule has 0 saturated heterocycles. The molecule has 0 spiro atoms. The molecule has 0 aliphatic carbocycles. The van der Waals surface area contributed by atoms with E-state index in [1.54, 1.807) is 43.5 Å². The van der Waals surface area contributed by atoms with E-state index >= 15 is 0 Å². The number of nitrogens with one attached hydrogen (secondary N) is 2. The zero-order valence-electron chi connectivity index (χ0n) is 16.7. The molecule has 2 rings (SSSR count). The lowest BCUT2D eigenvalue weighted by Gasteiger charge is -2.14. The number of rotatable bonds is 11. The van der Waals surface area contributed by atoms with Gasteiger partial charge in [0.1, 0.15) is 12.4 Å². The van der Waals surface area contributed by atoms with Gasteiger partial charge in [0.05, 0.1) is 12.0 Å². The van der Waals surface area contributed by atoms with Crippen LogP contribution in [0.15, 0.2) is 48.6 Å². The number of nitrogens with zero attached hydrogens (tertiary/aromatic N) is 1. The first-order valence-corrected chi connectivity index (χ1v) is 9.05. The molecule has 2 aromatic carbocycles. The lowest BCUT2D eigenvalue weighted by atomic mass is 10.1. The fraction of sp³-hybridized carbons (Fsp3) is 0.200. The second kappa shape index (κ2) is 11.0. The summed E-state index contributed by atoms with van der Waals surface area (Å²) in [6, 6.07) is 9.44. The summed E-state index contributed by atoms with van der Waals surface area (Å²) in [5, 5.41) is 25.1. The van der Waals surface area contributed by atoms with E-state index in [1.165, 1.54) is 6.07 Å². The third kappa shape index (κ3) is 6.92. The van der Waals surface area contributed by atoms with Gasteiger partial charge in [-0.2, -0.15) is 0 Å². The number of hydrogen-bond acceptors (Lipinski definition) is 7. The average molecular weight is 430 g/mol. The number of carbonyl (C=O) groups excluding carboxylic acids is 1. The van der Waals surface area contributed by atoms with Crippen LogP contribution in [0, 0.1) is 10.1 Å². The van der Waals surface area contributed by atoms with Gasteiger partial charge in [-0.05, 0) is 23.8 Å². The number of primary amides is 1. The molecular weight excluding hydrogens is 408 g/mol. The largest absolute Gasteiger partial charge is 0.497 e. The Morgan fingerprint density at radius 1 is 1.19 bits per heavy atom. The highest BCUT2D eigenvalue weighted by Crippen LogP contribution is 2.36. The van der Waals surface area contributed by atoms with Gasteiger partial charge in [0.25, 0.3) is 5.69 Å². The molecule has 5 N–H and O–H groups in total. The molecule has 0 fully saturated rings. The van der Waals surface area contributed by atoms with E-state index in [2.05, 4.69) is 10.6 Å². The van der Waals surface area contributed by atoms with Crippen molar-refractivity contribution >= 4 is 23.4 Å². The Labute approximate surface area is 177 Å². The molecular formula is C20H22N4O7. The summed E-state index contributed by atoms with van der Waals surface area (Å²) in [4.78, 5) is 33.0. The van der Waals surface area contributed by atoms with Crippen LogP contribution in [0.25, 0.3) is 0 Å². The number of methoxy groups -OCH3 is 1. The third-order valence-electron chi connectivity index (χ3n) is 4.05. The van der Waals surface area contributed by atoms with E-state index in [-0.39, 0.29) is 42.4 Å². The topological polar surface area (TPSA) is 166 Å². The summed E-state index contributed by atoms with van der Waals surface area (Å²) in [6.07, 6.45) is 1.97. The van der Waals surface area contributed by atoms with E-state index in [0.29, 0.717) is 5.75 Å². The molecule has 11 nitrogen and oxygen atoms in total. The van der Waals surface area contributed by atoms with E-state index < -0.39 is 16.9 Å². The maximum absolute atomic E-state index is 11.6. The first kappa shape index (κ1) is 23.0. The first-order valence-electron chi connectivity index (χ1n) is 9.05. The number of nitro benzene ring substituents is 1. The molecule has 0 radical (unpaired) electrons. The van der Waals surface area contributed by atoms with Crippen molar-refractivity contribution in [2.75, 3.05) is 25.5 Å². The van der Waals surface area contributed by atoms with E-state index in [1.807, 2.05) is 0 Å². The molecule has 0 aliphatic rings. The number of anilines is 1. The van der Waals surface area contributed by atoms with Gasteiger partial charge in [-0.3, -0.25) is 14.9 Å². The number of nitrogens with two attached hydrogens (primary N) is 1. The zero-order chi connectivity index (χ0) is 22.8. The Morgan fingerprint density at radius 2 is 1.87 bits per heavy atom. The van der Waals surface area contributed by atoms with E-state index in [9.17, 15) is 19.7 Å². The van der Waals surface area contributed by atoms with Crippen molar-refractivity contribution in [1.29, 1.82) is 0 Å². The molecule has 0 unspecified atom stereocenters. The molecule has 31 heavy (non-hydrogen) atoms. The Balaban J connectivity index is 2.25. The maximum Gasteiger partial charge on any atom is 0.404 e. The van der Waals surface area contributed by atoms with Crippen LogP contribution in [-0.4, -0.2) is 42.2 Å². The Bertz CT molecular complexity index is 974.